The van der Waals surface area contributed by atoms with Crippen LogP contribution in [0.25, 0.3) is 0 Å². The van der Waals surface area contributed by atoms with Crippen molar-refractivity contribution in [2.24, 2.45) is 11.3 Å². The average molecular weight is 785 g/mol. The fourth-order valence-electron chi connectivity index (χ4n) is 8.18. The first kappa shape index (κ1) is 40.1. The molecule has 296 valence electrons. The number of nitrogen functional groups attached to an aromatic ring is 1. The van der Waals surface area contributed by atoms with Crippen molar-refractivity contribution >= 4 is 46.0 Å². The largest absolute Gasteiger partial charge is 0.493 e. The van der Waals surface area contributed by atoms with Gasteiger partial charge in [0.05, 0.1) is 49.1 Å². The third-order valence-corrected chi connectivity index (χ3v) is 11.2. The van der Waals surface area contributed by atoms with Crippen molar-refractivity contribution in [2.45, 2.75) is 64.6 Å². The van der Waals surface area contributed by atoms with Gasteiger partial charge in [-0.3, -0.25) is 19.2 Å². The van der Waals surface area contributed by atoms with Gasteiger partial charge in [-0.25, -0.2) is 9.97 Å². The van der Waals surface area contributed by atoms with E-state index in [4.69, 9.17) is 15.2 Å². The van der Waals surface area contributed by atoms with Gasteiger partial charge in [-0.2, -0.15) is 0 Å². The number of benzene rings is 2. The van der Waals surface area contributed by atoms with Crippen LogP contribution in [-0.2, 0) is 43.2 Å². The second-order valence-electron chi connectivity index (χ2n) is 14.7. The number of nitrogens with two attached hydrogens (primary N) is 1. The van der Waals surface area contributed by atoms with Crippen LogP contribution in [0.4, 0.5) is 10.9 Å². The molecule has 4 heterocycles. The maximum Gasteiger partial charge on any atom is 0.304 e. The predicted molar refractivity (Wildman–Crippen MR) is 210 cm³/mol. The zero-order valence-corrected chi connectivity index (χ0v) is 32.8. The standard InChI is InChI=1S/C41H48N6O8S/c1-24-16-25(2)44-33(17-24)43-13-7-14-55-38-31-9-6-5-8-27(31)21-41(22-35(50)51,39(53)47(38)4)36-32-20-30(54-15-12-29-23-56-40(42)45-29)11-10-26(32)18-28(19-34(48)49)37(52)46(36)3/h5-6,8-11,16-17,20,23,28,36,38H,7,12-15,18-19,21-22H2,1-4H3,(H2,42,45)(H,43,44)(H,48,49)(H,50,51). The van der Waals surface area contributed by atoms with Crippen LogP contribution in [0.3, 0.4) is 0 Å². The molecule has 4 aromatic rings. The van der Waals surface area contributed by atoms with Crippen molar-refractivity contribution in [1.29, 1.82) is 0 Å². The summed E-state index contributed by atoms with van der Waals surface area (Å²) in [6.45, 7) is 5.04. The Balaban J connectivity index is 1.36. The number of thiazole rings is 1. The van der Waals surface area contributed by atoms with Gasteiger partial charge in [0, 0.05) is 43.7 Å². The Morgan fingerprint density at radius 1 is 0.982 bits per heavy atom. The van der Waals surface area contributed by atoms with Crippen molar-refractivity contribution in [2.75, 3.05) is 44.9 Å². The monoisotopic (exact) mass is 784 g/mol. The Bertz CT molecular complexity index is 2090. The molecule has 0 saturated carbocycles. The molecule has 2 amide bonds. The highest BCUT2D eigenvalue weighted by Gasteiger charge is 2.56. The Kier molecular flexibility index (Phi) is 12.2. The zero-order chi connectivity index (χ0) is 40.1. The first-order valence-electron chi connectivity index (χ1n) is 18.6. The average Bonchev–Trinajstić information content (AvgIpc) is 3.49. The highest BCUT2D eigenvalue weighted by molar-refractivity contribution is 7.13. The van der Waals surface area contributed by atoms with E-state index in [9.17, 15) is 24.6 Å². The maximum absolute atomic E-state index is 15.3. The molecular weight excluding hydrogens is 737 g/mol. The number of carbonyl (C=O) groups is 4. The fraction of sp³-hybridized carbons (Fsp3) is 0.415. The molecule has 2 aliphatic rings. The minimum Gasteiger partial charge on any atom is -0.493 e. The lowest BCUT2D eigenvalue weighted by molar-refractivity contribution is -0.166. The van der Waals surface area contributed by atoms with Crippen molar-refractivity contribution in [3.63, 3.8) is 0 Å². The number of hydrogen-bond donors (Lipinski definition) is 4. The van der Waals surface area contributed by atoms with Crippen LogP contribution >= 0.6 is 11.3 Å². The van der Waals surface area contributed by atoms with Gasteiger partial charge in [-0.15, -0.1) is 11.3 Å². The molecular formula is C41H48N6O8S. The van der Waals surface area contributed by atoms with Crippen molar-refractivity contribution < 1.29 is 38.9 Å². The van der Waals surface area contributed by atoms with Gasteiger partial charge in [-0.05, 0) is 79.6 Å². The van der Waals surface area contributed by atoms with Crippen LogP contribution in [0.1, 0.15) is 70.7 Å². The molecule has 0 bridgehead atoms. The number of pyridine rings is 1. The zero-order valence-electron chi connectivity index (χ0n) is 32.0. The summed E-state index contributed by atoms with van der Waals surface area (Å²) in [7, 11) is 3.12. The van der Waals surface area contributed by atoms with E-state index in [1.807, 2.05) is 55.6 Å². The molecule has 2 aromatic heterocycles. The molecule has 15 heteroatoms. The summed E-state index contributed by atoms with van der Waals surface area (Å²) >= 11 is 1.33. The van der Waals surface area contributed by atoms with Crippen molar-refractivity contribution in [3.8, 4) is 5.75 Å². The molecule has 0 radical (unpaired) electrons. The Morgan fingerprint density at radius 3 is 2.48 bits per heavy atom. The minimum absolute atomic E-state index is 0.0277. The quantitative estimate of drug-likeness (QED) is 0.115. The van der Waals surface area contributed by atoms with Gasteiger partial charge in [0.15, 0.2) is 11.4 Å². The summed E-state index contributed by atoms with van der Waals surface area (Å²) in [5.74, 6) is -3.11. The van der Waals surface area contributed by atoms with Gasteiger partial charge in [0.2, 0.25) is 11.8 Å². The van der Waals surface area contributed by atoms with Crippen molar-refractivity contribution in [3.05, 3.63) is 99.2 Å². The third-order valence-electron chi connectivity index (χ3n) is 10.5. The number of hydrogen-bond acceptors (Lipinski definition) is 11. The number of nitrogens with one attached hydrogen (secondary N) is 1. The number of nitrogens with zero attached hydrogens (tertiary/aromatic N) is 4. The van der Waals surface area contributed by atoms with Crippen molar-refractivity contribution in [1.82, 2.24) is 19.8 Å². The summed E-state index contributed by atoms with van der Waals surface area (Å²) in [6, 6.07) is 15.5. The number of aliphatic carboxylic acids is 2. The lowest BCUT2D eigenvalue weighted by atomic mass is 9.68. The van der Waals surface area contributed by atoms with Gasteiger partial charge < -0.3 is 40.5 Å². The number of amides is 2. The number of aryl methyl sites for hydroxylation is 2. The number of rotatable bonds is 15. The maximum atomic E-state index is 15.3. The summed E-state index contributed by atoms with van der Waals surface area (Å²) in [5.41, 5.74) is 9.42. The van der Waals surface area contributed by atoms with Crippen LogP contribution in [-0.4, -0.2) is 87.6 Å². The van der Waals surface area contributed by atoms with Crippen LogP contribution in [0.15, 0.2) is 60.0 Å². The number of aromatic nitrogens is 2. The first-order valence-corrected chi connectivity index (χ1v) is 19.4. The van der Waals surface area contributed by atoms with E-state index >= 15 is 4.79 Å². The molecule has 56 heavy (non-hydrogen) atoms. The molecule has 0 saturated heterocycles. The van der Waals surface area contributed by atoms with E-state index in [0.29, 0.717) is 52.5 Å². The summed E-state index contributed by atoms with van der Waals surface area (Å²) in [4.78, 5) is 66.2. The van der Waals surface area contributed by atoms with E-state index in [1.165, 1.54) is 28.2 Å². The second-order valence-corrected chi connectivity index (χ2v) is 15.6. The Morgan fingerprint density at radius 2 is 1.77 bits per heavy atom. The van der Waals surface area contributed by atoms with Crippen LogP contribution in [0.5, 0.6) is 5.75 Å². The summed E-state index contributed by atoms with van der Waals surface area (Å²) in [6.07, 6.45) is -0.777. The molecule has 4 atom stereocenters. The van der Waals surface area contributed by atoms with Gasteiger partial charge in [-0.1, -0.05) is 30.3 Å². The van der Waals surface area contributed by atoms with Gasteiger partial charge in [0.25, 0.3) is 0 Å². The fourth-order valence-corrected chi connectivity index (χ4v) is 8.78. The van der Waals surface area contributed by atoms with E-state index in [-0.39, 0.29) is 26.1 Å². The molecule has 2 aromatic carbocycles. The molecule has 2 aliphatic heterocycles. The second kappa shape index (κ2) is 17.1. The topological polar surface area (TPSA) is 198 Å². The predicted octanol–water partition coefficient (Wildman–Crippen LogP) is 5.20. The Hall–Kier alpha value is -5.54. The smallest absolute Gasteiger partial charge is 0.304 e. The minimum atomic E-state index is -1.74. The molecule has 4 unspecified atom stereocenters. The molecule has 0 spiro atoms. The van der Waals surface area contributed by atoms with Crippen LogP contribution in [0.2, 0.25) is 0 Å². The van der Waals surface area contributed by atoms with E-state index in [2.05, 4.69) is 15.3 Å². The molecule has 6 rings (SSSR count). The highest BCUT2D eigenvalue weighted by atomic mass is 32.1. The van der Waals surface area contributed by atoms with E-state index in [1.54, 1.807) is 25.2 Å². The number of carboxylic acid groups (broad SMARTS) is 2. The number of carboxylic acids is 2. The van der Waals surface area contributed by atoms with Gasteiger partial charge in [0.1, 0.15) is 11.6 Å². The highest BCUT2D eigenvalue weighted by Crippen LogP contribution is 2.52. The van der Waals surface area contributed by atoms with E-state index in [0.717, 1.165) is 22.8 Å². The molecule has 14 nitrogen and oxygen atoms in total. The van der Waals surface area contributed by atoms with Crippen LogP contribution in [0, 0.1) is 25.2 Å². The van der Waals surface area contributed by atoms with Gasteiger partial charge >= 0.3 is 11.9 Å². The number of ether oxygens (including phenoxy) is 2. The number of anilines is 2. The van der Waals surface area contributed by atoms with Crippen LogP contribution < -0.4 is 15.8 Å². The number of fused-ring (bicyclic) bond motifs is 2. The SMILES string of the molecule is Cc1cc(C)nc(NCCCOC2c3ccccc3CC(CC(=O)O)(C3c4cc(OCCc5csc(N)n5)ccc4CC(CC(=O)O)C(=O)N3C)C(=O)N2C)c1. The molecule has 0 fully saturated rings. The normalized spacial score (nSPS) is 20.8. The third kappa shape index (κ3) is 8.79. The lowest BCUT2D eigenvalue weighted by Gasteiger charge is -2.44. The van der Waals surface area contributed by atoms with E-state index < -0.39 is 60.2 Å². The summed E-state index contributed by atoms with van der Waals surface area (Å²) in [5, 5.41) is 26.0. The first-order chi connectivity index (χ1) is 26.7. The lowest BCUT2D eigenvalue weighted by Crippen LogP contribution is -2.53. The summed E-state index contributed by atoms with van der Waals surface area (Å²) < 4.78 is 12.6. The number of carbonyl (C=O) groups excluding carboxylic acids is 2. The molecule has 0 aliphatic carbocycles. The molecule has 5 N–H and O–H groups in total. The Labute approximate surface area is 329 Å².